The van der Waals surface area contributed by atoms with Gasteiger partial charge in [0.25, 0.3) is 0 Å². The summed E-state index contributed by atoms with van der Waals surface area (Å²) in [5.74, 6) is 0.0608. The SMILES string of the molecule is CC(=O)Oc1ccc2ncnc(Nc3ccc(Sc4ncc(C)[nH]4)c(F)c3)c2c1. The Labute approximate surface area is 169 Å². The zero-order valence-corrected chi connectivity index (χ0v) is 16.4. The van der Waals surface area contributed by atoms with E-state index in [9.17, 15) is 9.18 Å². The molecule has 0 saturated heterocycles. The molecule has 0 unspecified atom stereocenters. The fraction of sp³-hybridized carbons (Fsp3) is 0.100. The van der Waals surface area contributed by atoms with Crippen LogP contribution in [0.1, 0.15) is 12.6 Å². The van der Waals surface area contributed by atoms with Crippen molar-refractivity contribution < 1.29 is 13.9 Å². The summed E-state index contributed by atoms with van der Waals surface area (Å²) in [6, 6.07) is 9.87. The van der Waals surface area contributed by atoms with E-state index in [-0.39, 0.29) is 5.82 Å². The predicted octanol–water partition coefficient (Wildman–Crippen LogP) is 4.62. The Morgan fingerprint density at radius 1 is 1.17 bits per heavy atom. The van der Waals surface area contributed by atoms with Crippen LogP contribution in [0.15, 0.2) is 59.0 Å². The van der Waals surface area contributed by atoms with Gasteiger partial charge >= 0.3 is 5.97 Å². The molecule has 146 valence electrons. The van der Waals surface area contributed by atoms with Crippen LogP contribution < -0.4 is 10.1 Å². The molecule has 0 radical (unpaired) electrons. The quantitative estimate of drug-likeness (QED) is 0.367. The first kappa shape index (κ1) is 18.9. The van der Waals surface area contributed by atoms with Gasteiger partial charge in [-0.05, 0) is 55.1 Å². The minimum Gasteiger partial charge on any atom is -0.427 e. The van der Waals surface area contributed by atoms with Crippen LogP contribution in [0.25, 0.3) is 10.9 Å². The Kier molecular flexibility index (Phi) is 5.13. The van der Waals surface area contributed by atoms with Gasteiger partial charge in [0.1, 0.15) is 23.7 Å². The molecule has 29 heavy (non-hydrogen) atoms. The van der Waals surface area contributed by atoms with Gasteiger partial charge in [0.2, 0.25) is 0 Å². The average Bonchev–Trinajstić information content (AvgIpc) is 3.09. The highest BCUT2D eigenvalue weighted by molar-refractivity contribution is 7.99. The molecule has 2 aromatic carbocycles. The summed E-state index contributed by atoms with van der Waals surface area (Å²) in [5.41, 5.74) is 2.11. The number of hydrogen-bond acceptors (Lipinski definition) is 7. The lowest BCUT2D eigenvalue weighted by atomic mass is 10.2. The van der Waals surface area contributed by atoms with E-state index in [1.54, 1.807) is 36.5 Å². The summed E-state index contributed by atoms with van der Waals surface area (Å²) >= 11 is 1.22. The van der Waals surface area contributed by atoms with E-state index < -0.39 is 5.97 Å². The maximum atomic E-state index is 14.6. The molecule has 0 aliphatic carbocycles. The number of anilines is 2. The Morgan fingerprint density at radius 2 is 2.03 bits per heavy atom. The van der Waals surface area contributed by atoms with E-state index in [0.29, 0.717) is 38.2 Å². The second kappa shape index (κ2) is 7.88. The summed E-state index contributed by atoms with van der Waals surface area (Å²) in [6.07, 6.45) is 3.11. The van der Waals surface area contributed by atoms with E-state index >= 15 is 0 Å². The van der Waals surface area contributed by atoms with Gasteiger partial charge in [-0.2, -0.15) is 0 Å². The highest BCUT2D eigenvalue weighted by Gasteiger charge is 2.11. The monoisotopic (exact) mass is 409 g/mol. The molecule has 0 aliphatic heterocycles. The Morgan fingerprint density at radius 3 is 2.76 bits per heavy atom. The molecule has 4 aromatic rings. The second-order valence-electron chi connectivity index (χ2n) is 6.24. The molecular formula is C20H16FN5O2S. The lowest BCUT2D eigenvalue weighted by Gasteiger charge is -2.10. The lowest BCUT2D eigenvalue weighted by Crippen LogP contribution is -2.02. The van der Waals surface area contributed by atoms with Crippen molar-refractivity contribution >= 4 is 40.1 Å². The molecule has 7 nitrogen and oxygen atoms in total. The number of nitrogens with one attached hydrogen (secondary N) is 2. The molecule has 2 heterocycles. The summed E-state index contributed by atoms with van der Waals surface area (Å²) in [4.78, 5) is 27.3. The van der Waals surface area contributed by atoms with E-state index in [2.05, 4.69) is 25.3 Å². The third-order valence-electron chi connectivity index (χ3n) is 3.95. The van der Waals surface area contributed by atoms with E-state index in [0.717, 1.165) is 5.69 Å². The van der Waals surface area contributed by atoms with Crippen molar-refractivity contribution in [2.45, 2.75) is 23.9 Å². The number of aryl methyl sites for hydroxylation is 1. The number of aromatic nitrogens is 4. The van der Waals surface area contributed by atoms with Crippen molar-refractivity contribution in [1.82, 2.24) is 19.9 Å². The minimum atomic E-state index is -0.419. The minimum absolute atomic E-state index is 0.381. The number of H-pyrrole nitrogens is 1. The number of halogens is 1. The second-order valence-corrected chi connectivity index (χ2v) is 7.27. The van der Waals surface area contributed by atoms with E-state index in [4.69, 9.17) is 4.74 Å². The highest BCUT2D eigenvalue weighted by atomic mass is 32.2. The number of esters is 1. The van der Waals surface area contributed by atoms with Crippen molar-refractivity contribution in [3.8, 4) is 5.75 Å². The number of carbonyl (C=O) groups is 1. The van der Waals surface area contributed by atoms with Crippen LogP contribution in [-0.2, 0) is 4.79 Å². The van der Waals surface area contributed by atoms with Gasteiger partial charge in [-0.25, -0.2) is 19.3 Å². The third-order valence-corrected chi connectivity index (χ3v) is 4.90. The van der Waals surface area contributed by atoms with Gasteiger partial charge in [0, 0.05) is 29.9 Å². The molecule has 0 amide bonds. The molecule has 0 spiro atoms. The zero-order valence-electron chi connectivity index (χ0n) is 15.6. The highest BCUT2D eigenvalue weighted by Crippen LogP contribution is 2.31. The normalized spacial score (nSPS) is 10.9. The van der Waals surface area contributed by atoms with Crippen LogP contribution in [-0.4, -0.2) is 25.9 Å². The predicted molar refractivity (Wildman–Crippen MR) is 108 cm³/mol. The molecule has 2 aromatic heterocycles. The number of nitrogens with zero attached hydrogens (tertiary/aromatic N) is 3. The van der Waals surface area contributed by atoms with Crippen molar-refractivity contribution in [2.24, 2.45) is 0 Å². The van der Waals surface area contributed by atoms with Crippen molar-refractivity contribution in [3.63, 3.8) is 0 Å². The first-order valence-electron chi connectivity index (χ1n) is 8.67. The molecule has 0 saturated carbocycles. The summed E-state index contributed by atoms with van der Waals surface area (Å²) < 4.78 is 19.7. The van der Waals surface area contributed by atoms with Crippen LogP contribution in [0, 0.1) is 12.7 Å². The van der Waals surface area contributed by atoms with Crippen LogP contribution in [0.4, 0.5) is 15.9 Å². The topological polar surface area (TPSA) is 92.8 Å². The number of ether oxygens (including phenoxy) is 1. The number of imidazole rings is 1. The molecule has 0 atom stereocenters. The molecular weight excluding hydrogens is 393 g/mol. The fourth-order valence-corrected chi connectivity index (χ4v) is 3.53. The standard InChI is InChI=1S/C20H16FN5O2S/c1-11-9-22-20(25-11)29-18-6-3-13(7-16(18)21)26-19-15-8-14(28-12(2)27)4-5-17(15)23-10-24-19/h3-10H,1-2H3,(H,22,25)(H,23,24,26). The first-order chi connectivity index (χ1) is 14.0. The van der Waals surface area contributed by atoms with Gasteiger partial charge in [0.15, 0.2) is 5.16 Å². The third kappa shape index (κ3) is 4.35. The Balaban J connectivity index is 1.60. The number of rotatable bonds is 5. The van der Waals surface area contributed by atoms with Gasteiger partial charge < -0.3 is 15.0 Å². The fourth-order valence-electron chi connectivity index (χ4n) is 2.71. The molecule has 9 heteroatoms. The van der Waals surface area contributed by atoms with Gasteiger partial charge in [-0.15, -0.1) is 0 Å². The number of aromatic amines is 1. The number of benzene rings is 2. The zero-order chi connectivity index (χ0) is 20.4. The number of carbonyl (C=O) groups excluding carboxylic acids is 1. The molecule has 0 bridgehead atoms. The van der Waals surface area contributed by atoms with Crippen LogP contribution in [0.2, 0.25) is 0 Å². The van der Waals surface area contributed by atoms with Crippen LogP contribution >= 0.6 is 11.8 Å². The summed E-state index contributed by atoms with van der Waals surface area (Å²) in [7, 11) is 0. The Bertz CT molecular complexity index is 1210. The first-order valence-corrected chi connectivity index (χ1v) is 9.49. The van der Waals surface area contributed by atoms with E-state index in [1.807, 2.05) is 6.92 Å². The summed E-state index contributed by atoms with van der Waals surface area (Å²) in [6.45, 7) is 3.22. The molecule has 4 rings (SSSR count). The van der Waals surface area contributed by atoms with Gasteiger partial charge in [-0.3, -0.25) is 4.79 Å². The molecule has 0 aliphatic rings. The molecule has 2 N–H and O–H groups in total. The van der Waals surface area contributed by atoms with Crippen molar-refractivity contribution in [2.75, 3.05) is 5.32 Å². The molecule has 0 fully saturated rings. The van der Waals surface area contributed by atoms with Gasteiger partial charge in [-0.1, -0.05) is 0 Å². The Hall–Kier alpha value is -3.46. The lowest BCUT2D eigenvalue weighted by molar-refractivity contribution is -0.131. The maximum Gasteiger partial charge on any atom is 0.308 e. The number of fused-ring (bicyclic) bond motifs is 1. The van der Waals surface area contributed by atoms with Crippen LogP contribution in [0.5, 0.6) is 5.75 Å². The number of hydrogen-bond donors (Lipinski definition) is 2. The van der Waals surface area contributed by atoms with E-state index in [1.165, 1.54) is 31.1 Å². The smallest absolute Gasteiger partial charge is 0.308 e. The average molecular weight is 409 g/mol. The maximum absolute atomic E-state index is 14.6. The van der Waals surface area contributed by atoms with Crippen molar-refractivity contribution in [3.05, 3.63) is 60.4 Å². The summed E-state index contributed by atoms with van der Waals surface area (Å²) in [5, 5.41) is 4.38. The van der Waals surface area contributed by atoms with Crippen molar-refractivity contribution in [1.29, 1.82) is 0 Å². The van der Waals surface area contributed by atoms with Gasteiger partial charge in [0.05, 0.1) is 10.4 Å². The largest absolute Gasteiger partial charge is 0.427 e. The van der Waals surface area contributed by atoms with Crippen LogP contribution in [0.3, 0.4) is 0 Å².